The summed E-state index contributed by atoms with van der Waals surface area (Å²) in [6, 6.07) is 0. The largest absolute Gasteiger partial charge is 0.276 e. The molecule has 74 valence electrons. The molecule has 14 heavy (non-hydrogen) atoms. The first-order chi connectivity index (χ1) is 6.50. The molecule has 0 atom stereocenters. The van der Waals surface area contributed by atoms with Gasteiger partial charge in [0.2, 0.25) is 0 Å². The second-order valence-corrected chi connectivity index (χ2v) is 4.56. The summed E-state index contributed by atoms with van der Waals surface area (Å²) in [6.45, 7) is 0. The van der Waals surface area contributed by atoms with Crippen LogP contribution in [-0.2, 0) is 10.0 Å². The summed E-state index contributed by atoms with van der Waals surface area (Å²) in [5.74, 6) is 0. The molecule has 0 radical (unpaired) electrons. The van der Waals surface area contributed by atoms with Crippen LogP contribution >= 0.6 is 0 Å². The minimum Gasteiger partial charge on any atom is -0.267 e. The summed E-state index contributed by atoms with van der Waals surface area (Å²) in [6.07, 6.45) is 3.42. The highest BCUT2D eigenvalue weighted by molar-refractivity contribution is 7.89. The third-order valence-corrected chi connectivity index (χ3v) is 2.59. The maximum Gasteiger partial charge on any atom is 0.276 e. The van der Waals surface area contributed by atoms with Gasteiger partial charge in [-0.1, -0.05) is 0 Å². The van der Waals surface area contributed by atoms with Crippen molar-refractivity contribution in [2.45, 2.75) is 0 Å². The molecule has 0 aliphatic rings. The van der Waals surface area contributed by atoms with E-state index < -0.39 is 15.6 Å². The quantitative estimate of drug-likeness (QED) is 0.651. The van der Waals surface area contributed by atoms with Crippen molar-refractivity contribution in [3.8, 4) is 0 Å². The van der Waals surface area contributed by atoms with Gasteiger partial charge in [-0.15, -0.1) is 0 Å². The van der Waals surface area contributed by atoms with E-state index in [9.17, 15) is 13.2 Å². The molecule has 2 rings (SSSR count). The van der Waals surface area contributed by atoms with Crippen molar-refractivity contribution < 1.29 is 8.42 Å². The van der Waals surface area contributed by atoms with Crippen LogP contribution in [0, 0.1) is 0 Å². The number of hydrogen-bond donors (Lipinski definition) is 1. The van der Waals surface area contributed by atoms with Crippen molar-refractivity contribution in [3.05, 3.63) is 22.9 Å². The van der Waals surface area contributed by atoms with Crippen molar-refractivity contribution in [1.29, 1.82) is 0 Å². The van der Waals surface area contributed by atoms with E-state index in [0.717, 1.165) is 10.3 Å². The molecule has 0 fully saturated rings. The molecular formula is C6H6N4O3S. The third kappa shape index (κ3) is 1.20. The molecule has 2 aromatic heterocycles. The van der Waals surface area contributed by atoms with E-state index >= 15 is 0 Å². The predicted octanol–water partition coefficient (Wildman–Crippen LogP) is -1.07. The number of nitrogens with one attached hydrogen (secondary N) is 1. The van der Waals surface area contributed by atoms with E-state index in [4.69, 9.17) is 0 Å². The van der Waals surface area contributed by atoms with Gasteiger partial charge in [0, 0.05) is 6.20 Å². The minimum atomic E-state index is -3.54. The second kappa shape index (κ2) is 2.64. The first-order valence-corrected chi connectivity index (χ1v) is 5.46. The number of hydrogen-bond acceptors (Lipinski definition) is 5. The Morgan fingerprint density at radius 3 is 2.86 bits per heavy atom. The highest BCUT2D eigenvalue weighted by Crippen LogP contribution is 2.04. The van der Waals surface area contributed by atoms with Gasteiger partial charge in [-0.05, 0) is 0 Å². The van der Waals surface area contributed by atoms with Crippen molar-refractivity contribution in [1.82, 2.24) is 19.2 Å². The van der Waals surface area contributed by atoms with Gasteiger partial charge in [0.25, 0.3) is 15.6 Å². The molecule has 2 aromatic rings. The summed E-state index contributed by atoms with van der Waals surface area (Å²) in [7, 11) is -3.54. The van der Waals surface area contributed by atoms with Crippen LogP contribution in [0.5, 0.6) is 0 Å². The summed E-state index contributed by atoms with van der Waals surface area (Å²) >= 11 is 0. The van der Waals surface area contributed by atoms with Crippen LogP contribution in [0.25, 0.3) is 11.0 Å². The Morgan fingerprint density at radius 1 is 1.50 bits per heavy atom. The smallest absolute Gasteiger partial charge is 0.267 e. The molecule has 0 unspecified atom stereocenters. The Hall–Kier alpha value is -1.70. The number of H-pyrrole nitrogens is 1. The van der Waals surface area contributed by atoms with Gasteiger partial charge in [-0.2, -0.15) is 4.09 Å². The zero-order chi connectivity index (χ0) is 10.3. The molecule has 2 heterocycles. The van der Waals surface area contributed by atoms with E-state index in [1.54, 1.807) is 0 Å². The van der Waals surface area contributed by atoms with Crippen LogP contribution in [0.3, 0.4) is 0 Å². The lowest BCUT2D eigenvalue weighted by atomic mass is 10.4. The monoisotopic (exact) mass is 214 g/mol. The van der Waals surface area contributed by atoms with Crippen molar-refractivity contribution in [2.75, 3.05) is 6.26 Å². The molecular weight excluding hydrogens is 208 g/mol. The van der Waals surface area contributed by atoms with E-state index in [1.165, 1.54) is 12.5 Å². The second-order valence-electron chi connectivity index (χ2n) is 2.73. The van der Waals surface area contributed by atoms with Crippen molar-refractivity contribution in [2.24, 2.45) is 0 Å². The van der Waals surface area contributed by atoms with E-state index in [0.29, 0.717) is 0 Å². The molecule has 0 saturated carbocycles. The summed E-state index contributed by atoms with van der Waals surface area (Å²) in [4.78, 5) is 18.6. The van der Waals surface area contributed by atoms with Gasteiger partial charge in [-0.3, -0.25) is 4.79 Å². The fraction of sp³-hybridized carbons (Fsp3) is 0.167. The third-order valence-electron chi connectivity index (χ3n) is 1.66. The predicted molar refractivity (Wildman–Crippen MR) is 48.4 cm³/mol. The maximum absolute atomic E-state index is 11.2. The topological polar surface area (TPSA) is 97.7 Å². The Bertz CT molecular complexity index is 638. The molecule has 7 nitrogen and oxygen atoms in total. The van der Waals surface area contributed by atoms with Gasteiger partial charge in [0.1, 0.15) is 11.7 Å². The zero-order valence-electron chi connectivity index (χ0n) is 7.13. The van der Waals surface area contributed by atoms with Gasteiger partial charge >= 0.3 is 0 Å². The lowest BCUT2D eigenvalue weighted by molar-refractivity contribution is 0.587. The fourth-order valence-corrected chi connectivity index (χ4v) is 1.80. The van der Waals surface area contributed by atoms with E-state index in [2.05, 4.69) is 15.1 Å². The number of aromatic nitrogens is 4. The van der Waals surface area contributed by atoms with Crippen LogP contribution in [0.1, 0.15) is 0 Å². The highest BCUT2D eigenvalue weighted by atomic mass is 32.2. The molecule has 0 spiro atoms. The van der Waals surface area contributed by atoms with Gasteiger partial charge in [0.05, 0.1) is 6.26 Å². The minimum absolute atomic E-state index is 0.0625. The average molecular weight is 214 g/mol. The number of fused-ring (bicyclic) bond motifs is 1. The molecule has 1 N–H and O–H groups in total. The SMILES string of the molecule is CS(=O)(=O)n1[nH]c(=O)c2cncnc21. The molecule has 0 bridgehead atoms. The molecule has 0 aliphatic heterocycles. The number of nitrogens with zero attached hydrogens (tertiary/aromatic N) is 3. The number of aromatic amines is 1. The summed E-state index contributed by atoms with van der Waals surface area (Å²) in [5.41, 5.74) is -0.460. The average Bonchev–Trinajstić information content (AvgIpc) is 2.44. The van der Waals surface area contributed by atoms with Crippen LogP contribution in [0.2, 0.25) is 0 Å². The molecule has 0 aliphatic carbocycles. The standard InChI is InChI=1S/C6H6N4O3S/c1-14(12,13)10-5-4(6(11)9-10)2-7-3-8-5/h2-3H,1H3,(H,9,11). The Kier molecular flexibility index (Phi) is 1.68. The van der Waals surface area contributed by atoms with Crippen LogP contribution < -0.4 is 5.56 Å². The Morgan fingerprint density at radius 2 is 2.21 bits per heavy atom. The first-order valence-electron chi connectivity index (χ1n) is 3.61. The highest BCUT2D eigenvalue weighted by Gasteiger charge is 2.14. The summed E-state index contributed by atoms with van der Waals surface area (Å²) in [5, 5.41) is 2.31. The lowest BCUT2D eigenvalue weighted by Crippen LogP contribution is -2.14. The maximum atomic E-state index is 11.2. The molecule has 0 saturated heterocycles. The Labute approximate surface area is 78.4 Å². The number of rotatable bonds is 1. The van der Waals surface area contributed by atoms with Gasteiger partial charge in [0.15, 0.2) is 5.65 Å². The molecule has 8 heteroatoms. The molecule has 0 amide bonds. The molecule has 0 aromatic carbocycles. The van der Waals surface area contributed by atoms with E-state index in [-0.39, 0.29) is 11.0 Å². The van der Waals surface area contributed by atoms with Crippen molar-refractivity contribution >= 4 is 21.1 Å². The van der Waals surface area contributed by atoms with E-state index in [1.807, 2.05) is 0 Å². The van der Waals surface area contributed by atoms with Gasteiger partial charge < -0.3 is 0 Å². The van der Waals surface area contributed by atoms with Crippen molar-refractivity contribution in [3.63, 3.8) is 0 Å². The van der Waals surface area contributed by atoms with Crippen LogP contribution in [0.15, 0.2) is 17.3 Å². The fourth-order valence-electron chi connectivity index (χ4n) is 1.09. The van der Waals surface area contributed by atoms with Crippen LogP contribution in [0.4, 0.5) is 0 Å². The van der Waals surface area contributed by atoms with Gasteiger partial charge in [-0.25, -0.2) is 23.5 Å². The van der Waals surface area contributed by atoms with Crippen LogP contribution in [-0.4, -0.2) is 33.8 Å². The first kappa shape index (κ1) is 8.88. The summed E-state index contributed by atoms with van der Waals surface area (Å²) < 4.78 is 23.1. The zero-order valence-corrected chi connectivity index (χ0v) is 7.95. The normalized spacial score (nSPS) is 12.1. The Balaban J connectivity index is 3.01. The lowest BCUT2D eigenvalue weighted by Gasteiger charge is -1.97.